The van der Waals surface area contributed by atoms with Crippen LogP contribution >= 0.6 is 12.4 Å². The summed E-state index contributed by atoms with van der Waals surface area (Å²) in [5.41, 5.74) is 1.88. The molecule has 0 aliphatic heterocycles. The number of Topliss-reactive ketones (excluding diaryl/α,β-unsaturated/α-hetero) is 1. The van der Waals surface area contributed by atoms with Gasteiger partial charge in [-0.3, -0.25) is 4.79 Å². The van der Waals surface area contributed by atoms with Crippen molar-refractivity contribution in [3.8, 4) is 11.5 Å². The van der Waals surface area contributed by atoms with Gasteiger partial charge in [0.15, 0.2) is 17.3 Å². The van der Waals surface area contributed by atoms with E-state index in [0.29, 0.717) is 11.5 Å². The molecule has 1 aliphatic rings. The molecule has 2 rings (SSSR count). The van der Waals surface area contributed by atoms with Crippen LogP contribution < -0.4 is 9.47 Å². The normalized spacial score (nSPS) is 19.4. The summed E-state index contributed by atoms with van der Waals surface area (Å²) in [6.07, 6.45) is 3.77. The number of carbonyl (C=O) groups excluding carboxylic acids is 1. The van der Waals surface area contributed by atoms with Gasteiger partial charge in [0.2, 0.25) is 0 Å². The van der Waals surface area contributed by atoms with Crippen LogP contribution in [0.3, 0.4) is 0 Å². The van der Waals surface area contributed by atoms with Crippen LogP contribution in [0, 0.1) is 5.92 Å². The summed E-state index contributed by atoms with van der Waals surface area (Å²) in [7, 11) is 7.23. The fourth-order valence-electron chi connectivity index (χ4n) is 2.75. The number of benzene rings is 1. The lowest BCUT2D eigenvalue weighted by atomic mass is 10.0. The Balaban J connectivity index is 0.00000242. The topological polar surface area (TPSA) is 38.8 Å². The molecule has 0 saturated heterocycles. The van der Waals surface area contributed by atoms with Crippen LogP contribution in [0.2, 0.25) is 0 Å². The Morgan fingerprint density at radius 1 is 1.23 bits per heavy atom. The number of ether oxygens (including phenoxy) is 2. The van der Waals surface area contributed by atoms with Gasteiger partial charge in [0.05, 0.1) is 14.2 Å². The zero-order chi connectivity index (χ0) is 15.4. The van der Waals surface area contributed by atoms with E-state index < -0.39 is 0 Å². The molecule has 1 aromatic rings. The number of hydrogen-bond donors (Lipinski definition) is 0. The van der Waals surface area contributed by atoms with Crippen LogP contribution in [-0.2, 0) is 4.79 Å². The first-order valence-electron chi connectivity index (χ1n) is 7.16. The minimum absolute atomic E-state index is 0. The molecular weight excluding hydrogens is 302 g/mol. The summed E-state index contributed by atoms with van der Waals surface area (Å²) in [5, 5.41) is 0. The molecule has 122 valence electrons. The summed E-state index contributed by atoms with van der Waals surface area (Å²) in [6.45, 7) is 0.822. The molecule has 0 aromatic heterocycles. The molecule has 1 aromatic carbocycles. The molecule has 0 radical (unpaired) electrons. The number of ketones is 1. The quantitative estimate of drug-likeness (QED) is 0.780. The molecule has 22 heavy (non-hydrogen) atoms. The van der Waals surface area contributed by atoms with Gasteiger partial charge in [-0.25, -0.2) is 0 Å². The predicted molar refractivity (Wildman–Crippen MR) is 91.1 cm³/mol. The lowest BCUT2D eigenvalue weighted by Gasteiger charge is -2.13. The number of nitrogens with zero attached hydrogens (tertiary/aromatic N) is 1. The summed E-state index contributed by atoms with van der Waals surface area (Å²) >= 11 is 0. The van der Waals surface area contributed by atoms with Gasteiger partial charge in [-0.15, -0.1) is 12.4 Å². The van der Waals surface area contributed by atoms with E-state index in [1.54, 1.807) is 14.2 Å². The first-order chi connectivity index (χ1) is 10.0. The van der Waals surface area contributed by atoms with Gasteiger partial charge in [-0.05, 0) is 56.3 Å². The van der Waals surface area contributed by atoms with Gasteiger partial charge in [-0.2, -0.15) is 0 Å². The maximum absolute atomic E-state index is 12.4. The zero-order valence-electron chi connectivity index (χ0n) is 13.6. The van der Waals surface area contributed by atoms with Crippen molar-refractivity contribution in [1.82, 2.24) is 4.90 Å². The molecule has 0 N–H and O–H groups in total. The van der Waals surface area contributed by atoms with E-state index in [0.717, 1.165) is 30.5 Å². The molecule has 1 unspecified atom stereocenters. The highest BCUT2D eigenvalue weighted by molar-refractivity contribution is 6.03. The monoisotopic (exact) mass is 325 g/mol. The Labute approximate surface area is 138 Å². The van der Waals surface area contributed by atoms with Crippen LogP contribution in [0.1, 0.15) is 18.4 Å². The van der Waals surface area contributed by atoms with E-state index in [1.165, 1.54) is 0 Å². The van der Waals surface area contributed by atoms with Gasteiger partial charge in [0.1, 0.15) is 0 Å². The molecule has 1 fully saturated rings. The highest BCUT2D eigenvalue weighted by atomic mass is 35.5. The third kappa shape index (κ3) is 4.24. The van der Waals surface area contributed by atoms with Crippen molar-refractivity contribution in [1.29, 1.82) is 0 Å². The van der Waals surface area contributed by atoms with Crippen molar-refractivity contribution in [2.45, 2.75) is 12.8 Å². The highest BCUT2D eigenvalue weighted by Gasteiger charge is 2.29. The number of carbonyl (C=O) groups is 1. The van der Waals surface area contributed by atoms with E-state index in [9.17, 15) is 4.79 Å². The smallest absolute Gasteiger partial charge is 0.163 e. The van der Waals surface area contributed by atoms with Gasteiger partial charge < -0.3 is 14.4 Å². The summed E-state index contributed by atoms with van der Waals surface area (Å²) in [5.74, 6) is 1.79. The highest BCUT2D eigenvalue weighted by Crippen LogP contribution is 2.32. The van der Waals surface area contributed by atoms with Crippen molar-refractivity contribution in [2.24, 2.45) is 5.92 Å². The molecule has 0 bridgehead atoms. The molecule has 1 atom stereocenters. The van der Waals surface area contributed by atoms with E-state index in [4.69, 9.17) is 9.47 Å². The second kappa shape index (κ2) is 8.20. The zero-order valence-corrected chi connectivity index (χ0v) is 14.4. The first-order valence-corrected chi connectivity index (χ1v) is 7.16. The van der Waals surface area contributed by atoms with E-state index in [1.807, 2.05) is 38.4 Å². The lowest BCUT2D eigenvalue weighted by Crippen LogP contribution is -2.24. The fraction of sp³-hybridized carbons (Fsp3) is 0.471. The number of allylic oxidation sites excluding steroid dienone is 1. The Morgan fingerprint density at radius 2 is 1.91 bits per heavy atom. The van der Waals surface area contributed by atoms with E-state index >= 15 is 0 Å². The SMILES string of the molecule is COc1ccc(C=C2CCC(CN(C)C)C2=O)cc1OC.Cl. The number of rotatable bonds is 5. The minimum Gasteiger partial charge on any atom is -0.493 e. The molecular formula is C17H24ClNO3. The Morgan fingerprint density at radius 3 is 2.50 bits per heavy atom. The second-order valence-electron chi connectivity index (χ2n) is 5.65. The largest absolute Gasteiger partial charge is 0.493 e. The standard InChI is InChI=1S/C17H23NO3.ClH/c1-18(2)11-14-7-6-13(17(14)19)9-12-5-8-15(20-3)16(10-12)21-4;/h5,8-10,14H,6-7,11H2,1-4H3;1H. The van der Waals surface area contributed by atoms with Crippen LogP contribution in [0.4, 0.5) is 0 Å². The van der Waals surface area contributed by atoms with Crippen molar-refractivity contribution in [3.05, 3.63) is 29.3 Å². The predicted octanol–water partition coefficient (Wildman–Crippen LogP) is 3.05. The van der Waals surface area contributed by atoms with Crippen LogP contribution in [0.25, 0.3) is 6.08 Å². The average molecular weight is 326 g/mol. The van der Waals surface area contributed by atoms with Gasteiger partial charge in [-0.1, -0.05) is 6.07 Å². The average Bonchev–Trinajstić information content (AvgIpc) is 2.79. The van der Waals surface area contributed by atoms with Crippen molar-refractivity contribution < 1.29 is 14.3 Å². The van der Waals surface area contributed by atoms with Crippen molar-refractivity contribution in [3.63, 3.8) is 0 Å². The van der Waals surface area contributed by atoms with E-state index in [-0.39, 0.29) is 24.1 Å². The summed E-state index contributed by atoms with van der Waals surface area (Å²) in [4.78, 5) is 14.4. The maximum atomic E-state index is 12.4. The molecule has 4 nitrogen and oxygen atoms in total. The van der Waals surface area contributed by atoms with Crippen molar-refractivity contribution >= 4 is 24.3 Å². The fourth-order valence-corrected chi connectivity index (χ4v) is 2.75. The number of methoxy groups -OCH3 is 2. The molecule has 1 aliphatic carbocycles. The summed E-state index contributed by atoms with van der Waals surface area (Å²) < 4.78 is 10.5. The Bertz CT molecular complexity index is 555. The molecule has 1 saturated carbocycles. The van der Waals surface area contributed by atoms with Gasteiger partial charge >= 0.3 is 0 Å². The van der Waals surface area contributed by atoms with Crippen LogP contribution in [-0.4, -0.2) is 45.5 Å². The molecule has 0 amide bonds. The Kier molecular flexibility index (Phi) is 6.91. The van der Waals surface area contributed by atoms with Crippen LogP contribution in [0.15, 0.2) is 23.8 Å². The first kappa shape index (κ1) is 18.5. The maximum Gasteiger partial charge on any atom is 0.163 e. The molecule has 0 heterocycles. The third-order valence-corrected chi connectivity index (χ3v) is 3.78. The van der Waals surface area contributed by atoms with Gasteiger partial charge in [0, 0.05) is 12.5 Å². The third-order valence-electron chi connectivity index (χ3n) is 3.78. The van der Waals surface area contributed by atoms with Gasteiger partial charge in [0.25, 0.3) is 0 Å². The molecule has 5 heteroatoms. The number of halogens is 1. The summed E-state index contributed by atoms with van der Waals surface area (Å²) in [6, 6.07) is 5.71. The Hall–Kier alpha value is -1.52. The number of hydrogen-bond acceptors (Lipinski definition) is 4. The van der Waals surface area contributed by atoms with Crippen LogP contribution in [0.5, 0.6) is 11.5 Å². The molecule has 0 spiro atoms. The lowest BCUT2D eigenvalue weighted by molar-refractivity contribution is -0.118. The van der Waals surface area contributed by atoms with Crippen molar-refractivity contribution in [2.75, 3.05) is 34.9 Å². The second-order valence-corrected chi connectivity index (χ2v) is 5.65. The van der Waals surface area contributed by atoms with E-state index in [2.05, 4.69) is 4.90 Å². The minimum atomic E-state index is 0.